The number of nitrogens with zero attached hydrogens (tertiary/aromatic N) is 2. The Morgan fingerprint density at radius 2 is 1.76 bits per heavy atom. The lowest BCUT2D eigenvalue weighted by Crippen LogP contribution is -2.59. The normalized spacial score (nSPS) is 14.7. The topological polar surface area (TPSA) is 129 Å². The molecule has 3 atom stereocenters. The van der Waals surface area contributed by atoms with Crippen molar-refractivity contribution in [3.63, 3.8) is 0 Å². The summed E-state index contributed by atoms with van der Waals surface area (Å²) in [6.07, 6.45) is -1.01. The molecule has 3 aromatic rings. The summed E-state index contributed by atoms with van der Waals surface area (Å²) >= 11 is 7.03. The van der Waals surface area contributed by atoms with Crippen molar-refractivity contribution in [3.05, 3.63) is 59.6 Å². The molecule has 224 valence electrons. The number of aromatic nitrogens is 1. The molecule has 0 aliphatic rings. The molecule has 0 saturated carbocycles. The van der Waals surface area contributed by atoms with E-state index in [-0.39, 0.29) is 36.2 Å². The molecule has 9 nitrogen and oxygen atoms in total. The number of hydrogen-bond acceptors (Lipinski definition) is 7. The van der Waals surface area contributed by atoms with Gasteiger partial charge in [0.1, 0.15) is 11.9 Å². The maximum Gasteiger partial charge on any atom is 0.243 e. The van der Waals surface area contributed by atoms with Crippen LogP contribution in [0.2, 0.25) is 0 Å². The number of alkyl halides is 1. The third kappa shape index (κ3) is 8.96. The Kier molecular flexibility index (Phi) is 11.3. The summed E-state index contributed by atoms with van der Waals surface area (Å²) in [5.41, 5.74) is 2.57. The highest BCUT2D eigenvalue weighted by molar-refractivity contribution is 7.89. The Labute approximate surface area is 251 Å². The van der Waals surface area contributed by atoms with Gasteiger partial charge in [0.25, 0.3) is 0 Å². The van der Waals surface area contributed by atoms with Crippen molar-refractivity contribution in [2.75, 3.05) is 19.0 Å². The highest BCUT2D eigenvalue weighted by atomic mass is 35.5. The molecule has 1 unspecified atom stereocenters. The second-order valence-electron chi connectivity index (χ2n) is 11.6. The number of benzene rings is 2. The summed E-state index contributed by atoms with van der Waals surface area (Å²) in [6, 6.07) is 12.3. The first-order valence-corrected chi connectivity index (χ1v) is 16.3. The SMILES string of the molecule is CC(C)CN(C[C@@H](O)C(Cc1ccccc1)NC(=O)[C@@H](NC(=O)CCl)C(C)(C)C)S(=O)(=O)c1ccc2ncsc2c1. The molecule has 0 aliphatic heterocycles. The molecule has 3 N–H and O–H groups in total. The van der Waals surface area contributed by atoms with Crippen molar-refractivity contribution in [2.45, 2.75) is 64.1 Å². The van der Waals surface area contributed by atoms with E-state index in [0.29, 0.717) is 5.52 Å². The van der Waals surface area contributed by atoms with Crippen LogP contribution >= 0.6 is 22.9 Å². The van der Waals surface area contributed by atoms with Crippen molar-refractivity contribution < 1.29 is 23.1 Å². The maximum absolute atomic E-state index is 13.8. The molecule has 1 aromatic heterocycles. The Balaban J connectivity index is 1.92. The second-order valence-corrected chi connectivity index (χ2v) is 14.7. The number of fused-ring (bicyclic) bond motifs is 1. The molecule has 41 heavy (non-hydrogen) atoms. The number of hydrogen-bond donors (Lipinski definition) is 3. The number of amides is 2. The Hall–Kier alpha value is -2.57. The van der Waals surface area contributed by atoms with Crippen LogP contribution in [0.3, 0.4) is 0 Å². The van der Waals surface area contributed by atoms with E-state index in [4.69, 9.17) is 11.6 Å². The number of halogens is 1. The zero-order valence-corrected chi connectivity index (χ0v) is 26.4. The number of sulfonamides is 1. The van der Waals surface area contributed by atoms with Gasteiger partial charge in [0, 0.05) is 13.1 Å². The van der Waals surface area contributed by atoms with Gasteiger partial charge in [0.2, 0.25) is 21.8 Å². The summed E-state index contributed by atoms with van der Waals surface area (Å²) < 4.78 is 29.7. The molecular formula is C29H39ClN4O5S2. The van der Waals surface area contributed by atoms with Crippen molar-refractivity contribution in [1.29, 1.82) is 0 Å². The van der Waals surface area contributed by atoms with E-state index in [1.54, 1.807) is 17.6 Å². The van der Waals surface area contributed by atoms with E-state index in [1.807, 2.05) is 65.0 Å². The smallest absolute Gasteiger partial charge is 0.243 e. The molecule has 0 radical (unpaired) electrons. The van der Waals surface area contributed by atoms with Gasteiger partial charge in [0.05, 0.1) is 32.8 Å². The molecule has 2 amide bonds. The van der Waals surface area contributed by atoms with Crippen LogP contribution in [0, 0.1) is 11.3 Å². The first-order valence-electron chi connectivity index (χ1n) is 13.4. The van der Waals surface area contributed by atoms with Gasteiger partial charge in [-0.3, -0.25) is 9.59 Å². The van der Waals surface area contributed by atoms with Crippen LogP contribution in [0.15, 0.2) is 58.9 Å². The fourth-order valence-electron chi connectivity index (χ4n) is 4.45. The van der Waals surface area contributed by atoms with Crippen molar-refractivity contribution in [2.24, 2.45) is 11.3 Å². The average molecular weight is 623 g/mol. The largest absolute Gasteiger partial charge is 0.390 e. The lowest BCUT2D eigenvalue weighted by atomic mass is 9.85. The molecule has 0 aliphatic carbocycles. The fraction of sp³-hybridized carbons (Fsp3) is 0.483. The van der Waals surface area contributed by atoms with Gasteiger partial charge < -0.3 is 15.7 Å². The van der Waals surface area contributed by atoms with Gasteiger partial charge in [-0.25, -0.2) is 13.4 Å². The van der Waals surface area contributed by atoms with Crippen LogP contribution in [0.4, 0.5) is 0 Å². The fourth-order valence-corrected chi connectivity index (χ4v) is 6.97. The summed E-state index contributed by atoms with van der Waals surface area (Å²) in [6.45, 7) is 9.16. The number of rotatable bonds is 13. The van der Waals surface area contributed by atoms with Gasteiger partial charge in [-0.1, -0.05) is 65.0 Å². The lowest BCUT2D eigenvalue weighted by molar-refractivity contribution is -0.131. The van der Waals surface area contributed by atoms with Crippen LogP contribution in [0.5, 0.6) is 0 Å². The summed E-state index contributed by atoms with van der Waals surface area (Å²) in [5.74, 6) is -1.31. The Morgan fingerprint density at radius 3 is 2.37 bits per heavy atom. The van der Waals surface area contributed by atoms with Crippen LogP contribution in [-0.4, -0.2) is 71.8 Å². The van der Waals surface area contributed by atoms with E-state index in [1.165, 1.54) is 21.7 Å². The summed E-state index contributed by atoms with van der Waals surface area (Å²) in [5, 5.41) is 17.1. The van der Waals surface area contributed by atoms with Crippen LogP contribution in [0.25, 0.3) is 10.2 Å². The number of nitrogens with one attached hydrogen (secondary N) is 2. The Bertz CT molecular complexity index is 1420. The van der Waals surface area contributed by atoms with Crippen LogP contribution in [-0.2, 0) is 26.0 Å². The van der Waals surface area contributed by atoms with Crippen molar-refractivity contribution in [3.8, 4) is 0 Å². The number of aliphatic hydroxyl groups is 1. The average Bonchev–Trinajstić information content (AvgIpc) is 3.38. The lowest BCUT2D eigenvalue weighted by Gasteiger charge is -2.34. The third-order valence-electron chi connectivity index (χ3n) is 6.55. The molecule has 0 bridgehead atoms. The quantitative estimate of drug-likeness (QED) is 0.249. The minimum Gasteiger partial charge on any atom is -0.390 e. The van der Waals surface area contributed by atoms with Gasteiger partial charge in [-0.2, -0.15) is 4.31 Å². The molecule has 3 rings (SSSR count). The van der Waals surface area contributed by atoms with Gasteiger partial charge in [0.15, 0.2) is 0 Å². The van der Waals surface area contributed by atoms with Gasteiger partial charge in [-0.05, 0) is 41.5 Å². The van der Waals surface area contributed by atoms with E-state index in [9.17, 15) is 23.1 Å². The van der Waals surface area contributed by atoms with Gasteiger partial charge in [-0.15, -0.1) is 22.9 Å². The molecule has 12 heteroatoms. The second kappa shape index (κ2) is 14.1. The number of carbonyl (C=O) groups is 2. The van der Waals surface area contributed by atoms with E-state index >= 15 is 0 Å². The zero-order valence-electron chi connectivity index (χ0n) is 24.0. The number of carbonyl (C=O) groups excluding carboxylic acids is 2. The van der Waals surface area contributed by atoms with Crippen molar-refractivity contribution >= 4 is 55.0 Å². The van der Waals surface area contributed by atoms with Crippen molar-refractivity contribution in [1.82, 2.24) is 19.9 Å². The highest BCUT2D eigenvalue weighted by Gasteiger charge is 2.36. The number of thiazole rings is 1. The first-order chi connectivity index (χ1) is 19.2. The predicted molar refractivity (Wildman–Crippen MR) is 163 cm³/mol. The van der Waals surface area contributed by atoms with Gasteiger partial charge >= 0.3 is 0 Å². The predicted octanol–water partition coefficient (Wildman–Crippen LogP) is 3.80. The third-order valence-corrected chi connectivity index (χ3v) is 9.41. The highest BCUT2D eigenvalue weighted by Crippen LogP contribution is 2.26. The van der Waals surface area contributed by atoms with E-state index in [0.717, 1.165) is 10.3 Å². The molecule has 2 aromatic carbocycles. The minimum absolute atomic E-state index is 0.0256. The van der Waals surface area contributed by atoms with Crippen LogP contribution < -0.4 is 10.6 Å². The first kappa shape index (κ1) is 32.9. The Morgan fingerprint density at radius 1 is 1.07 bits per heavy atom. The number of aliphatic hydroxyl groups excluding tert-OH is 1. The zero-order chi connectivity index (χ0) is 30.4. The van der Waals surface area contributed by atoms with E-state index in [2.05, 4.69) is 15.6 Å². The minimum atomic E-state index is -3.99. The summed E-state index contributed by atoms with van der Waals surface area (Å²) in [4.78, 5) is 29.9. The molecule has 0 spiro atoms. The van der Waals surface area contributed by atoms with Crippen LogP contribution in [0.1, 0.15) is 40.2 Å². The molecular weight excluding hydrogens is 584 g/mol. The standard InChI is InChI=1S/C29H39ClN4O5S2/c1-19(2)16-34(41(38,39)21-11-12-22-25(14-21)40-18-31-22)17-24(35)23(13-20-9-7-6-8-10-20)32-28(37)27(29(3,4)5)33-26(36)15-30/h6-12,14,18-19,23-24,27,35H,13,15-17H2,1-5H3,(H,32,37)(H,33,36)/t23?,24-,27-/m1/s1. The maximum atomic E-state index is 13.8. The molecule has 0 saturated heterocycles. The molecule has 0 fully saturated rings. The monoisotopic (exact) mass is 622 g/mol. The molecule has 1 heterocycles. The summed E-state index contributed by atoms with van der Waals surface area (Å²) in [7, 11) is -3.99. The van der Waals surface area contributed by atoms with E-state index < -0.39 is 45.4 Å².